The highest BCUT2D eigenvalue weighted by atomic mass is 19.2. The van der Waals surface area contributed by atoms with Crippen LogP contribution in [-0.4, -0.2) is 35.2 Å². The predicted molar refractivity (Wildman–Crippen MR) is 64.4 cm³/mol. The Morgan fingerprint density at radius 2 is 1.95 bits per heavy atom. The van der Waals surface area contributed by atoms with Gasteiger partial charge < -0.3 is 10.6 Å². The summed E-state index contributed by atoms with van der Waals surface area (Å²) in [7, 11) is 0. The van der Waals surface area contributed by atoms with E-state index in [1.807, 2.05) is 0 Å². The van der Waals surface area contributed by atoms with Gasteiger partial charge in [-0.15, -0.1) is 0 Å². The Bertz CT molecular complexity index is 618. The van der Waals surface area contributed by atoms with Crippen molar-refractivity contribution in [1.82, 2.24) is 10.2 Å². The van der Waals surface area contributed by atoms with Crippen molar-refractivity contribution in [2.24, 2.45) is 0 Å². The molecule has 1 fully saturated rings. The largest absolute Gasteiger partial charge is 0.398 e. The highest BCUT2D eigenvalue weighted by molar-refractivity contribution is 6.08. The molecule has 1 heterocycles. The Kier molecular flexibility index (Phi) is 3.39. The zero-order valence-electron chi connectivity index (χ0n) is 10.4. The number of imide groups is 1. The van der Waals surface area contributed by atoms with Gasteiger partial charge in [0, 0.05) is 11.8 Å². The highest BCUT2D eigenvalue weighted by Crippen LogP contribution is 2.20. The number of carbonyl (C=O) groups excluding carboxylic acids is 3. The van der Waals surface area contributed by atoms with Gasteiger partial charge in [-0.05, 0) is 13.0 Å². The molecule has 0 saturated carbocycles. The smallest absolute Gasteiger partial charge is 0.257 e. The van der Waals surface area contributed by atoms with Crippen LogP contribution in [0.1, 0.15) is 17.3 Å². The highest BCUT2D eigenvalue weighted by Gasteiger charge is 2.34. The molecule has 0 spiro atoms. The van der Waals surface area contributed by atoms with Crippen LogP contribution in [0.25, 0.3) is 0 Å². The number of nitrogens with zero attached hydrogens (tertiary/aromatic N) is 1. The lowest BCUT2D eigenvalue weighted by Gasteiger charge is -2.31. The van der Waals surface area contributed by atoms with Gasteiger partial charge in [-0.25, -0.2) is 8.78 Å². The molecule has 0 aromatic heterocycles. The number of hydrogen-bond acceptors (Lipinski definition) is 4. The maximum absolute atomic E-state index is 13.2. The van der Waals surface area contributed by atoms with E-state index in [0.717, 1.165) is 4.90 Å². The fourth-order valence-electron chi connectivity index (χ4n) is 1.86. The minimum Gasteiger partial charge on any atom is -0.398 e. The fourth-order valence-corrected chi connectivity index (χ4v) is 1.86. The molecule has 0 bridgehead atoms. The Morgan fingerprint density at radius 3 is 2.60 bits per heavy atom. The van der Waals surface area contributed by atoms with Crippen LogP contribution in [0.2, 0.25) is 0 Å². The van der Waals surface area contributed by atoms with Crippen molar-refractivity contribution < 1.29 is 23.2 Å². The maximum atomic E-state index is 13.2. The minimum absolute atomic E-state index is 0.264. The Balaban J connectivity index is 2.38. The van der Waals surface area contributed by atoms with E-state index < -0.39 is 35.4 Å². The quantitative estimate of drug-likeness (QED) is 0.562. The summed E-state index contributed by atoms with van der Waals surface area (Å²) in [6, 6.07) is 0.420. The molecule has 1 saturated heterocycles. The summed E-state index contributed by atoms with van der Waals surface area (Å²) in [6.45, 7) is 1.06. The number of anilines is 1. The molecule has 0 aliphatic carbocycles. The van der Waals surface area contributed by atoms with Crippen LogP contribution < -0.4 is 11.1 Å². The summed E-state index contributed by atoms with van der Waals surface area (Å²) >= 11 is 0. The zero-order chi connectivity index (χ0) is 15.0. The molecule has 1 atom stereocenters. The summed E-state index contributed by atoms with van der Waals surface area (Å²) in [5.74, 6) is -4.52. The van der Waals surface area contributed by atoms with Crippen LogP contribution in [0.5, 0.6) is 0 Å². The molecule has 1 unspecified atom stereocenters. The molecular formula is C12H11F2N3O3. The van der Waals surface area contributed by atoms with E-state index in [4.69, 9.17) is 5.73 Å². The maximum Gasteiger partial charge on any atom is 0.257 e. The van der Waals surface area contributed by atoms with Gasteiger partial charge in [0.15, 0.2) is 11.6 Å². The average molecular weight is 283 g/mol. The lowest BCUT2D eigenvalue weighted by atomic mass is 10.1. The predicted octanol–water partition coefficient (Wildman–Crippen LogP) is 0.0341. The minimum atomic E-state index is -1.23. The SMILES string of the molecule is CC1C(=O)NC(=O)CN1C(=O)c1cc(F)c(F)cc1N. The second kappa shape index (κ2) is 4.87. The van der Waals surface area contributed by atoms with Gasteiger partial charge in [-0.2, -0.15) is 0 Å². The van der Waals surface area contributed by atoms with Gasteiger partial charge in [0.25, 0.3) is 5.91 Å². The number of amides is 3. The van der Waals surface area contributed by atoms with Crippen molar-refractivity contribution in [1.29, 1.82) is 0 Å². The normalized spacial score (nSPS) is 18.9. The molecular weight excluding hydrogens is 272 g/mol. The number of carbonyl (C=O) groups is 3. The first-order valence-electron chi connectivity index (χ1n) is 5.70. The number of piperazine rings is 1. The van der Waals surface area contributed by atoms with Crippen molar-refractivity contribution in [3.8, 4) is 0 Å². The number of hydrogen-bond donors (Lipinski definition) is 2. The Labute approximate surface area is 112 Å². The second-order valence-corrected chi connectivity index (χ2v) is 4.38. The van der Waals surface area contributed by atoms with E-state index in [1.54, 1.807) is 0 Å². The monoisotopic (exact) mass is 283 g/mol. The number of nitrogens with one attached hydrogen (secondary N) is 1. The Hall–Kier alpha value is -2.51. The standard InChI is InChI=1S/C12H11F2N3O3/c1-5-11(19)16-10(18)4-17(5)12(20)6-2-7(13)8(14)3-9(6)15/h2-3,5H,4,15H2,1H3,(H,16,18,19). The van der Waals surface area contributed by atoms with E-state index >= 15 is 0 Å². The van der Waals surface area contributed by atoms with Crippen LogP contribution >= 0.6 is 0 Å². The first-order valence-corrected chi connectivity index (χ1v) is 5.70. The summed E-state index contributed by atoms with van der Waals surface area (Å²) in [5, 5.41) is 2.06. The van der Waals surface area contributed by atoms with Gasteiger partial charge in [-0.3, -0.25) is 19.7 Å². The van der Waals surface area contributed by atoms with Crippen LogP contribution in [0.3, 0.4) is 0 Å². The van der Waals surface area contributed by atoms with Crippen LogP contribution in [-0.2, 0) is 9.59 Å². The molecule has 6 nitrogen and oxygen atoms in total. The van der Waals surface area contributed by atoms with E-state index in [9.17, 15) is 23.2 Å². The molecule has 1 aliphatic heterocycles. The lowest BCUT2D eigenvalue weighted by Crippen LogP contribution is -2.58. The number of rotatable bonds is 1. The van der Waals surface area contributed by atoms with Gasteiger partial charge in [-0.1, -0.05) is 0 Å². The van der Waals surface area contributed by atoms with Crippen molar-refractivity contribution in [3.63, 3.8) is 0 Å². The van der Waals surface area contributed by atoms with Crippen LogP contribution in [0.4, 0.5) is 14.5 Å². The summed E-state index contributed by atoms with van der Waals surface area (Å²) in [5.41, 5.74) is 4.92. The topological polar surface area (TPSA) is 92.5 Å². The van der Waals surface area contributed by atoms with E-state index in [1.165, 1.54) is 6.92 Å². The second-order valence-electron chi connectivity index (χ2n) is 4.38. The molecule has 3 N–H and O–H groups in total. The summed E-state index contributed by atoms with van der Waals surface area (Å²) in [4.78, 5) is 35.9. The van der Waals surface area contributed by atoms with Crippen molar-refractivity contribution >= 4 is 23.4 Å². The molecule has 0 radical (unpaired) electrons. The molecule has 20 heavy (non-hydrogen) atoms. The number of halogens is 2. The molecule has 1 aromatic rings. The van der Waals surface area contributed by atoms with Gasteiger partial charge in [0.2, 0.25) is 11.8 Å². The number of nitrogens with two attached hydrogens (primary N) is 1. The zero-order valence-corrected chi connectivity index (χ0v) is 10.4. The van der Waals surface area contributed by atoms with Gasteiger partial charge in [0.1, 0.15) is 12.6 Å². The molecule has 3 amide bonds. The van der Waals surface area contributed by atoms with Gasteiger partial charge >= 0.3 is 0 Å². The van der Waals surface area contributed by atoms with E-state index in [0.29, 0.717) is 12.1 Å². The third-order valence-electron chi connectivity index (χ3n) is 3.01. The molecule has 8 heteroatoms. The molecule has 1 aliphatic rings. The number of nitrogen functional groups attached to an aromatic ring is 1. The summed E-state index contributed by atoms with van der Waals surface area (Å²) in [6.07, 6.45) is 0. The first-order chi connectivity index (χ1) is 9.31. The average Bonchev–Trinajstić information content (AvgIpc) is 2.37. The van der Waals surface area contributed by atoms with E-state index in [-0.39, 0.29) is 17.8 Å². The Morgan fingerprint density at radius 1 is 1.35 bits per heavy atom. The van der Waals surface area contributed by atoms with E-state index in [2.05, 4.69) is 5.32 Å². The van der Waals surface area contributed by atoms with Crippen molar-refractivity contribution in [2.75, 3.05) is 12.3 Å². The molecule has 2 rings (SSSR count). The molecule has 1 aromatic carbocycles. The first kappa shape index (κ1) is 13.9. The third kappa shape index (κ3) is 2.31. The molecule has 106 valence electrons. The van der Waals surface area contributed by atoms with Gasteiger partial charge in [0.05, 0.1) is 5.56 Å². The lowest BCUT2D eigenvalue weighted by molar-refractivity contribution is -0.138. The fraction of sp³-hybridized carbons (Fsp3) is 0.250. The third-order valence-corrected chi connectivity index (χ3v) is 3.01. The van der Waals surface area contributed by atoms with Crippen molar-refractivity contribution in [3.05, 3.63) is 29.3 Å². The van der Waals surface area contributed by atoms with Crippen molar-refractivity contribution in [2.45, 2.75) is 13.0 Å². The van der Waals surface area contributed by atoms with Crippen LogP contribution in [0.15, 0.2) is 12.1 Å². The number of benzene rings is 1. The van der Waals surface area contributed by atoms with Crippen LogP contribution in [0, 0.1) is 11.6 Å². The summed E-state index contributed by atoms with van der Waals surface area (Å²) < 4.78 is 26.2.